The Bertz CT molecular complexity index is 1050. The van der Waals surface area contributed by atoms with Crippen molar-refractivity contribution in [2.45, 2.75) is 26.9 Å². The molecule has 0 saturated heterocycles. The van der Waals surface area contributed by atoms with Crippen LogP contribution in [0.25, 0.3) is 5.95 Å². The normalized spacial score (nSPS) is 11.4. The molecule has 0 saturated carbocycles. The first kappa shape index (κ1) is 20.3. The van der Waals surface area contributed by atoms with E-state index in [1.54, 1.807) is 13.8 Å². The Hall–Kier alpha value is -3.43. The smallest absolute Gasteiger partial charge is 0.416 e. The zero-order valence-electron chi connectivity index (χ0n) is 15.9. The maximum atomic E-state index is 13.0. The lowest BCUT2D eigenvalue weighted by molar-refractivity contribution is -0.137. The molecule has 0 fully saturated rings. The summed E-state index contributed by atoms with van der Waals surface area (Å²) >= 11 is 0. The Morgan fingerprint density at radius 2 is 2.00 bits per heavy atom. The van der Waals surface area contributed by atoms with Gasteiger partial charge >= 0.3 is 12.1 Å². The molecule has 7 nitrogen and oxygen atoms in total. The van der Waals surface area contributed by atoms with Gasteiger partial charge in [-0.2, -0.15) is 23.3 Å². The number of esters is 1. The van der Waals surface area contributed by atoms with Crippen LogP contribution >= 0.6 is 0 Å². The summed E-state index contributed by atoms with van der Waals surface area (Å²) in [6.45, 7) is 5.38. The van der Waals surface area contributed by atoms with E-state index in [1.165, 1.54) is 23.0 Å². The molecule has 1 N–H and O–H groups in total. The molecule has 152 valence electrons. The van der Waals surface area contributed by atoms with Crippen molar-refractivity contribution in [1.82, 2.24) is 19.7 Å². The molecule has 0 spiro atoms. The predicted molar refractivity (Wildman–Crippen MR) is 99.3 cm³/mol. The van der Waals surface area contributed by atoms with Crippen LogP contribution in [0.5, 0.6) is 0 Å². The Labute approximate surface area is 164 Å². The number of alkyl halides is 3. The summed E-state index contributed by atoms with van der Waals surface area (Å²) < 4.78 is 45.5. The van der Waals surface area contributed by atoms with Crippen molar-refractivity contribution < 1.29 is 22.7 Å². The van der Waals surface area contributed by atoms with Gasteiger partial charge in [-0.1, -0.05) is 6.07 Å². The molecule has 10 heteroatoms. The molecule has 29 heavy (non-hydrogen) atoms. The lowest BCUT2D eigenvalue weighted by atomic mass is 10.2. The monoisotopic (exact) mass is 405 g/mol. The second kappa shape index (κ2) is 7.90. The molecule has 0 amide bonds. The number of ether oxygens (including phenoxy) is 1. The number of aryl methyl sites for hydroxylation is 2. The third-order valence-corrected chi connectivity index (χ3v) is 3.92. The van der Waals surface area contributed by atoms with Crippen molar-refractivity contribution in [3.63, 3.8) is 0 Å². The first-order chi connectivity index (χ1) is 13.7. The summed E-state index contributed by atoms with van der Waals surface area (Å²) in [6.07, 6.45) is -3.24. The number of nitrogens with zero attached hydrogens (tertiary/aromatic N) is 4. The zero-order valence-corrected chi connectivity index (χ0v) is 15.9. The average molecular weight is 405 g/mol. The second-order valence-corrected chi connectivity index (χ2v) is 6.20. The van der Waals surface area contributed by atoms with Crippen molar-refractivity contribution in [3.05, 3.63) is 59.0 Å². The summed E-state index contributed by atoms with van der Waals surface area (Å²) in [5.41, 5.74) is 0.787. The van der Waals surface area contributed by atoms with Gasteiger partial charge in [-0.15, -0.1) is 0 Å². The van der Waals surface area contributed by atoms with Crippen molar-refractivity contribution >= 4 is 17.5 Å². The fourth-order valence-corrected chi connectivity index (χ4v) is 2.67. The number of benzene rings is 1. The average Bonchev–Trinajstić information content (AvgIpc) is 2.99. The van der Waals surface area contributed by atoms with Gasteiger partial charge in [0.15, 0.2) is 5.82 Å². The molecule has 0 aliphatic heterocycles. The second-order valence-electron chi connectivity index (χ2n) is 6.20. The van der Waals surface area contributed by atoms with E-state index in [9.17, 15) is 18.0 Å². The van der Waals surface area contributed by atoms with Gasteiger partial charge in [-0.25, -0.2) is 14.5 Å². The number of carbonyl (C=O) groups excluding carboxylic acids is 1. The first-order valence-electron chi connectivity index (χ1n) is 8.71. The van der Waals surface area contributed by atoms with Gasteiger partial charge in [0.2, 0.25) is 0 Å². The highest BCUT2D eigenvalue weighted by Gasteiger charge is 2.30. The third kappa shape index (κ3) is 4.53. The van der Waals surface area contributed by atoms with Crippen LogP contribution in [-0.2, 0) is 10.9 Å². The lowest BCUT2D eigenvalue weighted by Crippen LogP contribution is -2.14. The van der Waals surface area contributed by atoms with Crippen LogP contribution in [0.1, 0.15) is 34.2 Å². The summed E-state index contributed by atoms with van der Waals surface area (Å²) in [5.74, 6) is -0.514. The number of halogens is 3. The van der Waals surface area contributed by atoms with Gasteiger partial charge in [0.25, 0.3) is 5.95 Å². The summed E-state index contributed by atoms with van der Waals surface area (Å²) in [6, 6.07) is 6.41. The molecular weight excluding hydrogens is 387 g/mol. The quantitative estimate of drug-likeness (QED) is 0.640. The Morgan fingerprint density at radius 3 is 2.62 bits per heavy atom. The minimum absolute atomic E-state index is 0.00505. The van der Waals surface area contributed by atoms with Crippen LogP contribution in [-0.4, -0.2) is 32.3 Å². The standard InChI is InChI=1S/C19H18F3N5O2/c1-4-29-17(28)15-10-23-18(27-12(3)8-11(2)26-27)25-16(15)24-14-7-5-6-13(9-14)19(20,21)22/h5-10H,4H2,1-3H3,(H,23,24,25). The molecule has 3 rings (SSSR count). The molecule has 0 aliphatic rings. The molecule has 0 bridgehead atoms. The zero-order chi connectivity index (χ0) is 21.2. The van der Waals surface area contributed by atoms with Gasteiger partial charge in [0.05, 0.1) is 17.9 Å². The highest BCUT2D eigenvalue weighted by molar-refractivity contribution is 5.95. The van der Waals surface area contributed by atoms with Gasteiger partial charge < -0.3 is 10.1 Å². The van der Waals surface area contributed by atoms with Crippen LogP contribution in [0, 0.1) is 13.8 Å². The summed E-state index contributed by atoms with van der Waals surface area (Å²) in [7, 11) is 0. The minimum Gasteiger partial charge on any atom is -0.462 e. The molecule has 2 aromatic heterocycles. The van der Waals surface area contributed by atoms with E-state index in [4.69, 9.17) is 4.74 Å². The van der Waals surface area contributed by atoms with Gasteiger partial charge in [0, 0.05) is 17.6 Å². The van der Waals surface area contributed by atoms with Gasteiger partial charge in [-0.3, -0.25) is 0 Å². The van der Waals surface area contributed by atoms with E-state index in [2.05, 4.69) is 20.4 Å². The fraction of sp³-hybridized carbons (Fsp3) is 0.263. The van der Waals surface area contributed by atoms with Crippen molar-refractivity contribution in [1.29, 1.82) is 0 Å². The fourth-order valence-electron chi connectivity index (χ4n) is 2.67. The molecule has 0 unspecified atom stereocenters. The highest BCUT2D eigenvalue weighted by atomic mass is 19.4. The molecule has 3 aromatic rings. The van der Waals surface area contributed by atoms with Crippen LogP contribution in [0.4, 0.5) is 24.7 Å². The largest absolute Gasteiger partial charge is 0.462 e. The Morgan fingerprint density at radius 1 is 1.24 bits per heavy atom. The number of nitrogens with one attached hydrogen (secondary N) is 1. The van der Waals surface area contributed by atoms with E-state index in [0.29, 0.717) is 0 Å². The van der Waals surface area contributed by atoms with Crippen molar-refractivity contribution in [2.75, 3.05) is 11.9 Å². The first-order valence-corrected chi connectivity index (χ1v) is 8.71. The molecule has 0 atom stereocenters. The Kier molecular flexibility index (Phi) is 5.53. The third-order valence-electron chi connectivity index (χ3n) is 3.92. The van der Waals surface area contributed by atoms with E-state index >= 15 is 0 Å². The van der Waals surface area contributed by atoms with E-state index in [-0.39, 0.29) is 29.6 Å². The van der Waals surface area contributed by atoms with E-state index in [1.807, 2.05) is 13.0 Å². The van der Waals surface area contributed by atoms with E-state index in [0.717, 1.165) is 23.5 Å². The molecule has 1 aromatic carbocycles. The number of carbonyl (C=O) groups is 1. The maximum Gasteiger partial charge on any atom is 0.416 e. The number of anilines is 2. The molecular formula is C19H18F3N5O2. The van der Waals surface area contributed by atoms with Crippen LogP contribution < -0.4 is 5.32 Å². The van der Waals surface area contributed by atoms with Crippen molar-refractivity contribution in [2.24, 2.45) is 0 Å². The number of hydrogen-bond donors (Lipinski definition) is 1. The van der Waals surface area contributed by atoms with Crippen LogP contribution in [0.3, 0.4) is 0 Å². The topological polar surface area (TPSA) is 81.9 Å². The number of aromatic nitrogens is 4. The lowest BCUT2D eigenvalue weighted by Gasteiger charge is -2.13. The Balaban J connectivity index is 2.05. The molecule has 2 heterocycles. The molecule has 0 aliphatic carbocycles. The maximum absolute atomic E-state index is 13.0. The predicted octanol–water partition coefficient (Wildman–Crippen LogP) is 4.22. The SMILES string of the molecule is CCOC(=O)c1cnc(-n2nc(C)cc2C)nc1Nc1cccc(C(F)(F)F)c1. The van der Waals surface area contributed by atoms with Crippen molar-refractivity contribution in [3.8, 4) is 5.95 Å². The van der Waals surface area contributed by atoms with E-state index < -0.39 is 17.7 Å². The van der Waals surface area contributed by atoms with Gasteiger partial charge in [-0.05, 0) is 45.0 Å². The number of rotatable bonds is 5. The molecule has 0 radical (unpaired) electrons. The highest BCUT2D eigenvalue weighted by Crippen LogP contribution is 2.31. The van der Waals surface area contributed by atoms with Crippen LogP contribution in [0.2, 0.25) is 0 Å². The summed E-state index contributed by atoms with van der Waals surface area (Å²) in [4.78, 5) is 20.7. The van der Waals surface area contributed by atoms with Gasteiger partial charge in [0.1, 0.15) is 5.56 Å². The van der Waals surface area contributed by atoms with Crippen LogP contribution in [0.15, 0.2) is 36.5 Å². The summed E-state index contributed by atoms with van der Waals surface area (Å²) in [5, 5.41) is 7.05. The number of hydrogen-bond acceptors (Lipinski definition) is 6. The minimum atomic E-state index is -4.50.